The van der Waals surface area contributed by atoms with E-state index in [1.807, 2.05) is 60.7 Å². The van der Waals surface area contributed by atoms with Crippen molar-refractivity contribution < 1.29 is 9.59 Å². The Balaban J connectivity index is 1.89. The second-order valence-electron chi connectivity index (χ2n) is 6.85. The van der Waals surface area contributed by atoms with E-state index in [-0.39, 0.29) is 18.4 Å². The molecule has 1 atom stereocenters. The molecule has 0 aliphatic carbocycles. The number of carbonyl (C=O) groups excluding carboxylic acids is 2. The fourth-order valence-corrected chi connectivity index (χ4v) is 3.32. The smallest absolute Gasteiger partial charge is 0.247 e. The molecule has 0 fully saturated rings. The summed E-state index contributed by atoms with van der Waals surface area (Å²) in [7, 11) is 0. The molecule has 2 amide bonds. The van der Waals surface area contributed by atoms with E-state index in [2.05, 4.69) is 10.3 Å². The quantitative estimate of drug-likeness (QED) is 0.581. The molecule has 0 aliphatic heterocycles. The van der Waals surface area contributed by atoms with Gasteiger partial charge < -0.3 is 10.2 Å². The average Bonchev–Trinajstić information content (AvgIpc) is 2.79. The summed E-state index contributed by atoms with van der Waals surface area (Å²) in [5.41, 5.74) is 2.41. The highest BCUT2D eigenvalue weighted by Gasteiger charge is 2.30. The molecule has 0 saturated heterocycles. The lowest BCUT2D eigenvalue weighted by molar-refractivity contribution is -0.141. The molecule has 1 heterocycles. The molecule has 0 bridgehead atoms. The van der Waals surface area contributed by atoms with Crippen LogP contribution < -0.4 is 5.32 Å². The van der Waals surface area contributed by atoms with Crippen molar-refractivity contribution in [2.75, 3.05) is 0 Å². The van der Waals surface area contributed by atoms with Gasteiger partial charge in [0.1, 0.15) is 6.04 Å². The van der Waals surface area contributed by atoms with Gasteiger partial charge in [-0.25, -0.2) is 0 Å². The summed E-state index contributed by atoms with van der Waals surface area (Å²) < 4.78 is 0. The lowest BCUT2D eigenvalue weighted by atomic mass is 10.0. The first kappa shape index (κ1) is 21.5. The Labute approximate surface area is 181 Å². The lowest BCUT2D eigenvalue weighted by Crippen LogP contribution is -2.43. The van der Waals surface area contributed by atoms with Crippen molar-refractivity contribution in [3.05, 3.63) is 101 Å². The molecule has 0 aliphatic rings. The van der Waals surface area contributed by atoms with E-state index in [1.165, 1.54) is 0 Å². The number of aromatic nitrogens is 1. The van der Waals surface area contributed by atoms with Crippen LogP contribution in [0.15, 0.2) is 79.0 Å². The van der Waals surface area contributed by atoms with Crippen LogP contribution in [0.3, 0.4) is 0 Å². The van der Waals surface area contributed by atoms with Gasteiger partial charge in [-0.1, -0.05) is 67.1 Å². The van der Waals surface area contributed by atoms with E-state index in [4.69, 9.17) is 11.6 Å². The normalized spacial score (nSPS) is 11.5. The summed E-state index contributed by atoms with van der Waals surface area (Å²) in [5, 5.41) is 3.56. The van der Waals surface area contributed by atoms with Gasteiger partial charge in [0.2, 0.25) is 11.8 Å². The third-order valence-corrected chi connectivity index (χ3v) is 4.99. The number of hydrogen-bond donors (Lipinski definition) is 1. The lowest BCUT2D eigenvalue weighted by Gasteiger charge is -2.31. The second-order valence-corrected chi connectivity index (χ2v) is 7.29. The fraction of sp³-hybridized carbons (Fsp3) is 0.208. The molecule has 2 aromatic carbocycles. The van der Waals surface area contributed by atoms with Crippen LogP contribution in [0.4, 0.5) is 0 Å². The maximum absolute atomic E-state index is 13.3. The van der Waals surface area contributed by atoms with Crippen LogP contribution in [0.25, 0.3) is 0 Å². The van der Waals surface area contributed by atoms with Crippen LogP contribution in [0.5, 0.6) is 0 Å². The summed E-state index contributed by atoms with van der Waals surface area (Å²) in [6.45, 7) is 2.39. The summed E-state index contributed by atoms with van der Waals surface area (Å²) in [5.74, 6) is -0.352. The molecule has 154 valence electrons. The summed E-state index contributed by atoms with van der Waals surface area (Å²) >= 11 is 6.00. The minimum Gasteiger partial charge on any atom is -0.348 e. The Kier molecular flexibility index (Phi) is 7.57. The SMILES string of the molecule is CCC(=O)N(Cc1ccc(Cl)cc1)[C@@H](C(=O)NCc1ccccn1)c1ccccc1. The van der Waals surface area contributed by atoms with Crippen molar-refractivity contribution >= 4 is 23.4 Å². The molecule has 1 aromatic heterocycles. The van der Waals surface area contributed by atoms with E-state index < -0.39 is 6.04 Å². The van der Waals surface area contributed by atoms with Gasteiger partial charge in [-0.2, -0.15) is 0 Å². The zero-order chi connectivity index (χ0) is 21.3. The highest BCUT2D eigenvalue weighted by atomic mass is 35.5. The first-order chi connectivity index (χ1) is 14.6. The van der Waals surface area contributed by atoms with E-state index in [1.54, 1.807) is 30.2 Å². The van der Waals surface area contributed by atoms with Crippen molar-refractivity contribution in [3.63, 3.8) is 0 Å². The Morgan fingerprint density at radius 1 is 1.00 bits per heavy atom. The van der Waals surface area contributed by atoms with Gasteiger partial charge in [0.25, 0.3) is 0 Å². The Bertz CT molecular complexity index is 963. The number of amides is 2. The second kappa shape index (κ2) is 10.6. The molecule has 0 spiro atoms. The van der Waals surface area contributed by atoms with Gasteiger partial charge in [-0.05, 0) is 35.4 Å². The predicted octanol–water partition coefficient (Wildman–Crippen LogP) is 4.53. The average molecular weight is 422 g/mol. The third kappa shape index (κ3) is 5.67. The highest BCUT2D eigenvalue weighted by molar-refractivity contribution is 6.30. The molecule has 3 rings (SSSR count). The standard InChI is InChI=1S/C24H24ClN3O2/c1-2-22(29)28(17-18-11-13-20(25)14-12-18)23(19-8-4-3-5-9-19)24(30)27-16-21-10-6-7-15-26-21/h3-15,23H,2,16-17H2,1H3,(H,27,30)/t23-/m1/s1. The van der Waals surface area contributed by atoms with Crippen LogP contribution in [0.1, 0.15) is 36.2 Å². The van der Waals surface area contributed by atoms with E-state index >= 15 is 0 Å². The maximum atomic E-state index is 13.3. The van der Waals surface area contributed by atoms with Gasteiger partial charge in [0.05, 0.1) is 12.2 Å². The largest absolute Gasteiger partial charge is 0.348 e. The number of benzene rings is 2. The molecule has 0 saturated carbocycles. The summed E-state index contributed by atoms with van der Waals surface area (Å²) in [4.78, 5) is 32.0. The molecule has 0 radical (unpaired) electrons. The third-order valence-electron chi connectivity index (χ3n) is 4.73. The maximum Gasteiger partial charge on any atom is 0.247 e. The molecule has 0 unspecified atom stereocenters. The highest BCUT2D eigenvalue weighted by Crippen LogP contribution is 2.25. The van der Waals surface area contributed by atoms with Gasteiger partial charge >= 0.3 is 0 Å². The molecular weight excluding hydrogens is 398 g/mol. The zero-order valence-corrected chi connectivity index (χ0v) is 17.5. The van der Waals surface area contributed by atoms with Crippen LogP contribution in [0, 0.1) is 0 Å². The Morgan fingerprint density at radius 2 is 1.70 bits per heavy atom. The van der Waals surface area contributed by atoms with Crippen molar-refractivity contribution in [1.82, 2.24) is 15.2 Å². The van der Waals surface area contributed by atoms with Crippen LogP contribution in [0.2, 0.25) is 5.02 Å². The minimum absolute atomic E-state index is 0.105. The fourth-order valence-electron chi connectivity index (χ4n) is 3.20. The van der Waals surface area contributed by atoms with Gasteiger partial charge in [-0.15, -0.1) is 0 Å². The monoisotopic (exact) mass is 421 g/mol. The first-order valence-electron chi connectivity index (χ1n) is 9.85. The van der Waals surface area contributed by atoms with Gasteiger partial charge in [0.15, 0.2) is 0 Å². The van der Waals surface area contributed by atoms with Crippen LogP contribution >= 0.6 is 11.6 Å². The van der Waals surface area contributed by atoms with Gasteiger partial charge in [-0.3, -0.25) is 14.6 Å². The molecule has 5 nitrogen and oxygen atoms in total. The van der Waals surface area contributed by atoms with Crippen LogP contribution in [-0.2, 0) is 22.7 Å². The molecule has 1 N–H and O–H groups in total. The number of rotatable bonds is 8. The molecule has 30 heavy (non-hydrogen) atoms. The summed E-state index contributed by atoms with van der Waals surface area (Å²) in [6.07, 6.45) is 1.98. The number of hydrogen-bond acceptors (Lipinski definition) is 3. The van der Waals surface area contributed by atoms with Gasteiger partial charge in [0, 0.05) is 24.2 Å². The molecule has 3 aromatic rings. The van der Waals surface area contributed by atoms with Crippen molar-refractivity contribution in [1.29, 1.82) is 0 Å². The minimum atomic E-state index is -0.752. The van der Waals surface area contributed by atoms with Crippen molar-refractivity contribution in [2.24, 2.45) is 0 Å². The Hall–Kier alpha value is -3.18. The molecular formula is C24H24ClN3O2. The van der Waals surface area contributed by atoms with Crippen LogP contribution in [-0.4, -0.2) is 21.7 Å². The number of pyridine rings is 1. The Morgan fingerprint density at radius 3 is 2.33 bits per heavy atom. The number of halogens is 1. The van der Waals surface area contributed by atoms with E-state index in [9.17, 15) is 9.59 Å². The number of nitrogens with one attached hydrogen (secondary N) is 1. The number of carbonyl (C=O) groups is 2. The first-order valence-corrected chi connectivity index (χ1v) is 10.2. The summed E-state index contributed by atoms with van der Waals surface area (Å²) in [6, 6.07) is 21.4. The number of nitrogens with zero attached hydrogens (tertiary/aromatic N) is 2. The van der Waals surface area contributed by atoms with E-state index in [0.717, 1.165) is 16.8 Å². The van der Waals surface area contributed by atoms with Crippen molar-refractivity contribution in [2.45, 2.75) is 32.5 Å². The van der Waals surface area contributed by atoms with Crippen molar-refractivity contribution in [3.8, 4) is 0 Å². The topological polar surface area (TPSA) is 62.3 Å². The predicted molar refractivity (Wildman–Crippen MR) is 118 cm³/mol. The zero-order valence-electron chi connectivity index (χ0n) is 16.8. The molecule has 6 heteroatoms. The van der Waals surface area contributed by atoms with E-state index in [0.29, 0.717) is 18.0 Å².